The van der Waals surface area contributed by atoms with Gasteiger partial charge in [-0.1, -0.05) is 11.6 Å². The van der Waals surface area contributed by atoms with Gasteiger partial charge < -0.3 is 4.74 Å². The first-order valence-corrected chi connectivity index (χ1v) is 7.69. The first kappa shape index (κ1) is 18.6. The van der Waals surface area contributed by atoms with Crippen LogP contribution < -0.4 is 4.90 Å². The molecule has 0 bridgehead atoms. The molecule has 24 heavy (non-hydrogen) atoms. The minimum atomic E-state index is -4.61. The summed E-state index contributed by atoms with van der Waals surface area (Å²) in [4.78, 5) is 25.4. The number of anilines is 1. The number of esters is 1. The highest BCUT2D eigenvalue weighted by molar-refractivity contribution is 6.31. The Labute approximate surface area is 142 Å². The lowest BCUT2D eigenvalue weighted by atomic mass is 10.1. The lowest BCUT2D eigenvalue weighted by Gasteiger charge is -2.28. The first-order chi connectivity index (χ1) is 10.9. The second-order valence-electron chi connectivity index (χ2n) is 6.55. The Balaban J connectivity index is 2.39. The molecule has 1 aromatic carbocycles. The van der Waals surface area contributed by atoms with E-state index in [1.54, 1.807) is 20.8 Å². The van der Waals surface area contributed by atoms with E-state index in [-0.39, 0.29) is 23.6 Å². The van der Waals surface area contributed by atoms with Gasteiger partial charge in [0.15, 0.2) is 0 Å². The molecule has 0 radical (unpaired) electrons. The van der Waals surface area contributed by atoms with Gasteiger partial charge in [-0.05, 0) is 45.4 Å². The molecule has 0 saturated carbocycles. The molecule has 2 rings (SSSR count). The normalized spacial score (nSPS) is 18.9. The average molecular weight is 364 g/mol. The third-order valence-electron chi connectivity index (χ3n) is 3.38. The van der Waals surface area contributed by atoms with Crippen LogP contribution in [0.25, 0.3) is 0 Å². The number of halogens is 4. The summed E-state index contributed by atoms with van der Waals surface area (Å²) in [5.41, 5.74) is -1.80. The SMILES string of the molecule is CC(C)(C)OC(=O)[C@H]1CCC(=O)N1c1cc(Cl)cc(C(F)(F)F)c1. The van der Waals surface area contributed by atoms with E-state index in [1.165, 1.54) is 6.07 Å². The molecule has 1 aromatic rings. The van der Waals surface area contributed by atoms with Crippen molar-refractivity contribution in [2.75, 3.05) is 4.90 Å². The summed E-state index contributed by atoms with van der Waals surface area (Å²) in [6.45, 7) is 5.02. The van der Waals surface area contributed by atoms with Crippen LogP contribution in [-0.4, -0.2) is 23.5 Å². The predicted octanol–water partition coefficient (Wildman–Crippen LogP) is 4.20. The molecule has 0 aromatic heterocycles. The number of hydrogen-bond acceptors (Lipinski definition) is 3. The van der Waals surface area contributed by atoms with E-state index in [9.17, 15) is 22.8 Å². The number of carbonyl (C=O) groups is 2. The van der Waals surface area contributed by atoms with Crippen LogP contribution in [0.3, 0.4) is 0 Å². The molecule has 0 unspecified atom stereocenters. The van der Waals surface area contributed by atoms with Crippen LogP contribution in [0.2, 0.25) is 5.02 Å². The maximum absolute atomic E-state index is 13.0. The van der Waals surface area contributed by atoms with Crippen LogP contribution in [0.15, 0.2) is 18.2 Å². The van der Waals surface area contributed by atoms with Gasteiger partial charge in [0.25, 0.3) is 0 Å². The Morgan fingerprint density at radius 3 is 2.42 bits per heavy atom. The van der Waals surface area contributed by atoms with Crippen molar-refractivity contribution in [1.82, 2.24) is 0 Å². The van der Waals surface area contributed by atoms with E-state index in [2.05, 4.69) is 0 Å². The lowest BCUT2D eigenvalue weighted by Crippen LogP contribution is -2.42. The third kappa shape index (κ3) is 4.20. The molecule has 132 valence electrons. The zero-order valence-electron chi connectivity index (χ0n) is 13.4. The largest absolute Gasteiger partial charge is 0.458 e. The Hall–Kier alpha value is -1.76. The number of rotatable bonds is 2. The molecule has 1 amide bonds. The summed E-state index contributed by atoms with van der Waals surface area (Å²) >= 11 is 5.76. The van der Waals surface area contributed by atoms with E-state index in [4.69, 9.17) is 16.3 Å². The Morgan fingerprint density at radius 1 is 1.25 bits per heavy atom. The van der Waals surface area contributed by atoms with Crippen molar-refractivity contribution in [2.45, 2.75) is 51.4 Å². The number of benzene rings is 1. The van der Waals surface area contributed by atoms with Gasteiger partial charge in [0.1, 0.15) is 11.6 Å². The van der Waals surface area contributed by atoms with Gasteiger partial charge in [-0.15, -0.1) is 0 Å². The van der Waals surface area contributed by atoms with Gasteiger partial charge in [0, 0.05) is 17.1 Å². The molecule has 1 atom stereocenters. The zero-order chi connectivity index (χ0) is 18.3. The molecule has 1 aliphatic rings. The van der Waals surface area contributed by atoms with E-state index in [0.29, 0.717) is 0 Å². The maximum Gasteiger partial charge on any atom is 0.416 e. The Morgan fingerprint density at radius 2 is 1.88 bits per heavy atom. The standard InChI is InChI=1S/C16H17ClF3NO3/c1-15(2,3)24-14(23)12-4-5-13(22)21(12)11-7-9(16(18,19)20)6-10(17)8-11/h6-8,12H,4-5H2,1-3H3/t12-/m1/s1. The number of alkyl halides is 3. The van der Waals surface area contributed by atoms with E-state index in [0.717, 1.165) is 17.0 Å². The topological polar surface area (TPSA) is 46.6 Å². The highest BCUT2D eigenvalue weighted by Gasteiger charge is 2.41. The van der Waals surface area contributed by atoms with Crippen molar-refractivity contribution in [3.8, 4) is 0 Å². The molecule has 0 N–H and O–H groups in total. The number of nitrogens with zero attached hydrogens (tertiary/aromatic N) is 1. The molecule has 1 heterocycles. The predicted molar refractivity (Wildman–Crippen MR) is 82.8 cm³/mol. The van der Waals surface area contributed by atoms with Crippen molar-refractivity contribution >= 4 is 29.2 Å². The van der Waals surface area contributed by atoms with Crippen LogP contribution in [-0.2, 0) is 20.5 Å². The molecule has 1 fully saturated rings. The van der Waals surface area contributed by atoms with Gasteiger partial charge in [0.2, 0.25) is 5.91 Å². The molecule has 0 spiro atoms. The van der Waals surface area contributed by atoms with Gasteiger partial charge in [-0.3, -0.25) is 9.69 Å². The molecule has 0 aliphatic carbocycles. The summed E-state index contributed by atoms with van der Waals surface area (Å²) in [7, 11) is 0. The van der Waals surface area contributed by atoms with Crippen molar-refractivity contribution in [3.05, 3.63) is 28.8 Å². The van der Waals surface area contributed by atoms with Gasteiger partial charge in [0.05, 0.1) is 5.56 Å². The maximum atomic E-state index is 13.0. The fraction of sp³-hybridized carbons (Fsp3) is 0.500. The van der Waals surface area contributed by atoms with Gasteiger partial charge in [-0.2, -0.15) is 13.2 Å². The second-order valence-corrected chi connectivity index (χ2v) is 6.98. The van der Waals surface area contributed by atoms with E-state index >= 15 is 0 Å². The second kappa shape index (κ2) is 6.27. The van der Waals surface area contributed by atoms with Gasteiger partial charge in [-0.25, -0.2) is 4.79 Å². The highest BCUT2D eigenvalue weighted by Crippen LogP contribution is 2.37. The quantitative estimate of drug-likeness (QED) is 0.740. The summed E-state index contributed by atoms with van der Waals surface area (Å²) < 4.78 is 44.1. The number of amides is 1. The molecule has 1 aliphatic heterocycles. The number of ether oxygens (including phenoxy) is 1. The van der Waals surface area contributed by atoms with Crippen molar-refractivity contribution in [2.24, 2.45) is 0 Å². The summed E-state index contributed by atoms with van der Waals surface area (Å²) in [6.07, 6.45) is -4.37. The Bertz CT molecular complexity index is 668. The van der Waals surface area contributed by atoms with Crippen molar-refractivity contribution < 1.29 is 27.5 Å². The van der Waals surface area contributed by atoms with Crippen LogP contribution in [0.4, 0.5) is 18.9 Å². The van der Waals surface area contributed by atoms with Crippen LogP contribution >= 0.6 is 11.6 Å². The molecule has 8 heteroatoms. The summed E-state index contributed by atoms with van der Waals surface area (Å²) in [5.74, 6) is -1.09. The van der Waals surface area contributed by atoms with Crippen molar-refractivity contribution in [3.63, 3.8) is 0 Å². The van der Waals surface area contributed by atoms with Gasteiger partial charge >= 0.3 is 12.1 Å². The molecular weight excluding hydrogens is 347 g/mol. The lowest BCUT2D eigenvalue weighted by molar-refractivity contribution is -0.156. The number of hydrogen-bond donors (Lipinski definition) is 0. The molecule has 1 saturated heterocycles. The summed E-state index contributed by atoms with van der Waals surface area (Å²) in [5, 5.41) is -0.164. The minimum Gasteiger partial charge on any atom is -0.458 e. The average Bonchev–Trinajstić information content (AvgIpc) is 2.77. The minimum absolute atomic E-state index is 0.0533. The summed E-state index contributed by atoms with van der Waals surface area (Å²) in [6, 6.07) is 1.86. The fourth-order valence-corrected chi connectivity index (χ4v) is 2.71. The number of carbonyl (C=O) groups excluding carboxylic acids is 2. The fourth-order valence-electron chi connectivity index (χ4n) is 2.48. The van der Waals surface area contributed by atoms with E-state index in [1.807, 2.05) is 0 Å². The van der Waals surface area contributed by atoms with Crippen molar-refractivity contribution in [1.29, 1.82) is 0 Å². The smallest absolute Gasteiger partial charge is 0.416 e. The van der Waals surface area contributed by atoms with E-state index < -0.39 is 35.3 Å². The van der Waals surface area contributed by atoms with Crippen LogP contribution in [0.5, 0.6) is 0 Å². The van der Waals surface area contributed by atoms with Crippen LogP contribution in [0, 0.1) is 0 Å². The molecular formula is C16H17ClF3NO3. The zero-order valence-corrected chi connectivity index (χ0v) is 14.2. The highest BCUT2D eigenvalue weighted by atomic mass is 35.5. The first-order valence-electron chi connectivity index (χ1n) is 7.31. The Kier molecular flexibility index (Phi) is 4.86. The third-order valence-corrected chi connectivity index (χ3v) is 3.60. The van der Waals surface area contributed by atoms with Crippen LogP contribution in [0.1, 0.15) is 39.2 Å². The molecule has 4 nitrogen and oxygen atoms in total. The monoisotopic (exact) mass is 363 g/mol.